The van der Waals surface area contributed by atoms with Gasteiger partial charge in [-0.1, -0.05) is 17.7 Å². The number of nitrogens with one attached hydrogen (secondary N) is 1. The van der Waals surface area contributed by atoms with Gasteiger partial charge in [0, 0.05) is 23.6 Å². The maximum Gasteiger partial charge on any atom is 0.251 e. The molecule has 0 atom stereocenters. The molecular formula is C17H16ClNO3. The lowest BCUT2D eigenvalue weighted by atomic mass is 10.1. The van der Waals surface area contributed by atoms with Gasteiger partial charge in [0.25, 0.3) is 5.91 Å². The number of halogens is 1. The third-order valence-electron chi connectivity index (χ3n) is 3.37. The van der Waals surface area contributed by atoms with Crippen LogP contribution in [0.3, 0.4) is 0 Å². The summed E-state index contributed by atoms with van der Waals surface area (Å²) < 4.78 is 11.2. The number of ether oxygens (including phenoxy) is 2. The topological polar surface area (TPSA) is 47.6 Å². The van der Waals surface area contributed by atoms with Crippen molar-refractivity contribution in [3.8, 4) is 11.5 Å². The highest BCUT2D eigenvalue weighted by molar-refractivity contribution is 6.30. The molecule has 2 aromatic rings. The number of amides is 1. The molecule has 0 saturated carbocycles. The van der Waals surface area contributed by atoms with E-state index in [1.807, 2.05) is 18.2 Å². The Bertz CT molecular complexity index is 670. The van der Waals surface area contributed by atoms with E-state index in [4.69, 9.17) is 21.1 Å². The van der Waals surface area contributed by atoms with Crippen LogP contribution in [0.5, 0.6) is 11.5 Å². The van der Waals surface area contributed by atoms with Crippen LogP contribution in [0, 0.1) is 0 Å². The van der Waals surface area contributed by atoms with Gasteiger partial charge < -0.3 is 14.8 Å². The van der Waals surface area contributed by atoms with Crippen molar-refractivity contribution < 1.29 is 14.3 Å². The monoisotopic (exact) mass is 317 g/mol. The maximum atomic E-state index is 12.1. The molecule has 2 aromatic carbocycles. The minimum Gasteiger partial charge on any atom is -0.490 e. The molecule has 0 saturated heterocycles. The zero-order chi connectivity index (χ0) is 15.4. The Labute approximate surface area is 134 Å². The summed E-state index contributed by atoms with van der Waals surface area (Å²) in [6, 6.07) is 12.5. The lowest BCUT2D eigenvalue weighted by Gasteiger charge is -2.10. The normalized spacial score (nSPS) is 13.3. The fourth-order valence-electron chi connectivity index (χ4n) is 2.20. The first kappa shape index (κ1) is 14.7. The second kappa shape index (κ2) is 6.71. The van der Waals surface area contributed by atoms with Crippen molar-refractivity contribution in [1.29, 1.82) is 0 Å². The molecule has 1 N–H and O–H groups in total. The van der Waals surface area contributed by atoms with Gasteiger partial charge in [-0.3, -0.25) is 4.79 Å². The molecule has 114 valence electrons. The molecule has 4 nitrogen and oxygen atoms in total. The predicted octanol–water partition coefficient (Wildman–Crippen LogP) is 3.43. The van der Waals surface area contributed by atoms with E-state index >= 15 is 0 Å². The molecule has 0 aliphatic carbocycles. The second-order valence-corrected chi connectivity index (χ2v) is 5.46. The Hall–Kier alpha value is -2.20. The summed E-state index contributed by atoms with van der Waals surface area (Å²) in [5.74, 6) is 1.35. The molecule has 1 heterocycles. The van der Waals surface area contributed by atoms with E-state index in [1.165, 1.54) is 0 Å². The molecule has 0 bridgehead atoms. The van der Waals surface area contributed by atoms with Gasteiger partial charge in [-0.2, -0.15) is 0 Å². The van der Waals surface area contributed by atoms with Gasteiger partial charge in [0.15, 0.2) is 11.5 Å². The molecule has 0 unspecified atom stereocenters. The van der Waals surface area contributed by atoms with E-state index in [0.717, 1.165) is 23.5 Å². The van der Waals surface area contributed by atoms with Crippen LogP contribution in [0.15, 0.2) is 42.5 Å². The first-order valence-corrected chi connectivity index (χ1v) is 7.52. The first-order chi connectivity index (χ1) is 10.7. The maximum absolute atomic E-state index is 12.1. The average molecular weight is 318 g/mol. The van der Waals surface area contributed by atoms with Crippen molar-refractivity contribution >= 4 is 17.5 Å². The Morgan fingerprint density at radius 2 is 1.77 bits per heavy atom. The Morgan fingerprint density at radius 1 is 1.05 bits per heavy atom. The van der Waals surface area contributed by atoms with Crippen LogP contribution in [0.25, 0.3) is 0 Å². The van der Waals surface area contributed by atoms with Crippen LogP contribution >= 0.6 is 11.6 Å². The highest BCUT2D eigenvalue weighted by Crippen LogP contribution is 2.30. The van der Waals surface area contributed by atoms with E-state index in [0.29, 0.717) is 30.3 Å². The molecule has 0 spiro atoms. The third-order valence-corrected chi connectivity index (χ3v) is 3.62. The summed E-state index contributed by atoms with van der Waals surface area (Å²) in [5, 5.41) is 3.49. The van der Waals surface area contributed by atoms with E-state index < -0.39 is 0 Å². The van der Waals surface area contributed by atoms with E-state index in [9.17, 15) is 4.79 Å². The Kier molecular flexibility index (Phi) is 4.49. The van der Waals surface area contributed by atoms with Crippen LogP contribution in [-0.4, -0.2) is 19.1 Å². The molecule has 5 heteroatoms. The van der Waals surface area contributed by atoms with Crippen LogP contribution in [0.4, 0.5) is 0 Å². The highest BCUT2D eigenvalue weighted by atomic mass is 35.5. The van der Waals surface area contributed by atoms with Crippen molar-refractivity contribution in [2.45, 2.75) is 13.0 Å². The molecule has 22 heavy (non-hydrogen) atoms. The first-order valence-electron chi connectivity index (χ1n) is 7.15. The molecule has 1 aliphatic heterocycles. The van der Waals surface area contributed by atoms with Crippen LogP contribution in [0.1, 0.15) is 22.3 Å². The molecule has 0 fully saturated rings. The molecule has 0 aromatic heterocycles. The Morgan fingerprint density at radius 3 is 2.55 bits per heavy atom. The fraction of sp³-hybridized carbons (Fsp3) is 0.235. The quantitative estimate of drug-likeness (QED) is 0.943. The zero-order valence-electron chi connectivity index (χ0n) is 12.0. The number of rotatable bonds is 3. The number of benzene rings is 2. The van der Waals surface area contributed by atoms with Crippen molar-refractivity contribution in [1.82, 2.24) is 5.32 Å². The molecule has 0 radical (unpaired) electrons. The SMILES string of the molecule is O=C(NCc1ccc2c(c1)OCCCO2)c1ccc(Cl)cc1. The minimum absolute atomic E-state index is 0.135. The Balaban J connectivity index is 1.65. The van der Waals surface area contributed by atoms with Gasteiger partial charge >= 0.3 is 0 Å². The van der Waals surface area contributed by atoms with Gasteiger partial charge in [-0.15, -0.1) is 0 Å². The molecular weight excluding hydrogens is 302 g/mol. The van der Waals surface area contributed by atoms with Crippen LogP contribution in [-0.2, 0) is 6.54 Å². The van der Waals surface area contributed by atoms with Gasteiger partial charge in [0.05, 0.1) is 13.2 Å². The number of hydrogen-bond acceptors (Lipinski definition) is 3. The molecule has 3 rings (SSSR count). The summed E-state index contributed by atoms with van der Waals surface area (Å²) in [5.41, 5.74) is 1.55. The fourth-order valence-corrected chi connectivity index (χ4v) is 2.33. The van der Waals surface area contributed by atoms with Crippen molar-refractivity contribution in [3.05, 3.63) is 58.6 Å². The number of carbonyl (C=O) groups excluding carboxylic acids is 1. The van der Waals surface area contributed by atoms with Gasteiger partial charge in [-0.05, 0) is 42.0 Å². The van der Waals surface area contributed by atoms with Crippen molar-refractivity contribution in [3.63, 3.8) is 0 Å². The summed E-state index contributed by atoms with van der Waals surface area (Å²) in [6.07, 6.45) is 0.872. The summed E-state index contributed by atoms with van der Waals surface area (Å²) >= 11 is 5.81. The smallest absolute Gasteiger partial charge is 0.251 e. The summed E-state index contributed by atoms with van der Waals surface area (Å²) in [6.45, 7) is 1.74. The number of carbonyl (C=O) groups is 1. The molecule has 1 amide bonds. The highest BCUT2D eigenvalue weighted by Gasteiger charge is 2.11. The number of fused-ring (bicyclic) bond motifs is 1. The van der Waals surface area contributed by atoms with E-state index in [2.05, 4.69) is 5.32 Å². The van der Waals surface area contributed by atoms with E-state index in [-0.39, 0.29) is 5.91 Å². The van der Waals surface area contributed by atoms with Gasteiger partial charge in [0.2, 0.25) is 0 Å². The minimum atomic E-state index is -0.135. The lowest BCUT2D eigenvalue weighted by molar-refractivity contribution is 0.0951. The van der Waals surface area contributed by atoms with Crippen molar-refractivity contribution in [2.24, 2.45) is 0 Å². The average Bonchev–Trinajstić information content (AvgIpc) is 2.78. The number of hydrogen-bond donors (Lipinski definition) is 1. The summed E-state index contributed by atoms with van der Waals surface area (Å²) in [7, 11) is 0. The second-order valence-electron chi connectivity index (χ2n) is 5.02. The largest absolute Gasteiger partial charge is 0.490 e. The standard InChI is InChI=1S/C17H16ClNO3/c18-14-5-3-13(4-6-14)17(20)19-11-12-2-7-15-16(10-12)22-9-1-8-21-15/h2-7,10H,1,8-9,11H2,(H,19,20). The van der Waals surface area contributed by atoms with Gasteiger partial charge in [0.1, 0.15) is 0 Å². The lowest BCUT2D eigenvalue weighted by Crippen LogP contribution is -2.22. The van der Waals surface area contributed by atoms with Crippen molar-refractivity contribution in [2.75, 3.05) is 13.2 Å². The van der Waals surface area contributed by atoms with E-state index in [1.54, 1.807) is 24.3 Å². The molecule has 1 aliphatic rings. The van der Waals surface area contributed by atoms with Gasteiger partial charge in [-0.25, -0.2) is 0 Å². The van der Waals surface area contributed by atoms with Crippen LogP contribution in [0.2, 0.25) is 5.02 Å². The zero-order valence-corrected chi connectivity index (χ0v) is 12.7. The summed E-state index contributed by atoms with van der Waals surface area (Å²) in [4.78, 5) is 12.1. The third kappa shape index (κ3) is 3.52. The van der Waals surface area contributed by atoms with Crippen LogP contribution < -0.4 is 14.8 Å². The predicted molar refractivity (Wildman–Crippen MR) is 84.7 cm³/mol.